The lowest BCUT2D eigenvalue weighted by atomic mass is 10.1. The number of amides is 1. The maximum atomic E-state index is 12.9. The predicted octanol–water partition coefficient (Wildman–Crippen LogP) is 2.00. The molecule has 0 saturated heterocycles. The van der Waals surface area contributed by atoms with Crippen molar-refractivity contribution >= 4 is 5.91 Å². The molecule has 7 heteroatoms. The van der Waals surface area contributed by atoms with Gasteiger partial charge in [-0.1, -0.05) is 24.3 Å². The van der Waals surface area contributed by atoms with Gasteiger partial charge < -0.3 is 10.6 Å². The molecule has 1 amide bonds. The third-order valence-corrected chi connectivity index (χ3v) is 2.55. The van der Waals surface area contributed by atoms with Crippen molar-refractivity contribution < 1.29 is 22.4 Å². The van der Waals surface area contributed by atoms with Crippen LogP contribution in [0.4, 0.5) is 17.6 Å². The number of nitrogens with zero attached hydrogens (tertiary/aromatic N) is 1. The number of alkyl halides is 4. The maximum absolute atomic E-state index is 12.9. The zero-order chi connectivity index (χ0) is 14.6. The van der Waals surface area contributed by atoms with E-state index in [4.69, 9.17) is 5.73 Å². The van der Waals surface area contributed by atoms with Crippen molar-refractivity contribution in [1.82, 2.24) is 4.90 Å². The monoisotopic (exact) mass is 278 g/mol. The quantitative estimate of drug-likeness (QED) is 0.837. The molecule has 0 unspecified atom stereocenters. The zero-order valence-electron chi connectivity index (χ0n) is 10.2. The number of rotatable bonds is 5. The molecule has 0 spiro atoms. The minimum Gasteiger partial charge on any atom is -0.336 e. The normalized spacial score (nSPS) is 11.7. The number of hydrogen-bond donors (Lipinski definition) is 1. The highest BCUT2D eigenvalue weighted by Crippen LogP contribution is 2.25. The van der Waals surface area contributed by atoms with Crippen LogP contribution in [0.5, 0.6) is 0 Å². The Morgan fingerprint density at radius 3 is 2.47 bits per heavy atom. The van der Waals surface area contributed by atoms with Gasteiger partial charge in [-0.05, 0) is 11.1 Å². The van der Waals surface area contributed by atoms with E-state index in [1.165, 1.54) is 0 Å². The van der Waals surface area contributed by atoms with Gasteiger partial charge in [0.25, 0.3) is 5.91 Å². The lowest BCUT2D eigenvalue weighted by Gasteiger charge is -2.23. The van der Waals surface area contributed by atoms with E-state index in [1.807, 2.05) is 0 Å². The lowest BCUT2D eigenvalue weighted by molar-refractivity contribution is -0.179. The minimum atomic E-state index is -4.67. The number of benzene rings is 1. The Bertz CT molecular complexity index is 451. The van der Waals surface area contributed by atoms with Crippen LogP contribution in [0, 0.1) is 0 Å². The molecule has 1 aromatic rings. The molecule has 0 fully saturated rings. The first-order valence-electron chi connectivity index (χ1n) is 5.48. The summed E-state index contributed by atoms with van der Waals surface area (Å²) in [6.07, 6.45) is -4.02. The number of hydrogen-bond acceptors (Lipinski definition) is 2. The number of halogens is 4. The highest BCUT2D eigenvalue weighted by molar-refractivity contribution is 5.83. The zero-order valence-corrected chi connectivity index (χ0v) is 10.2. The molecule has 0 heterocycles. The molecule has 3 nitrogen and oxygen atoms in total. The fraction of sp³-hybridized carbons (Fsp3) is 0.417. The topological polar surface area (TPSA) is 46.3 Å². The fourth-order valence-electron chi connectivity index (χ4n) is 1.55. The third kappa shape index (κ3) is 3.66. The van der Waals surface area contributed by atoms with E-state index in [9.17, 15) is 22.4 Å². The van der Waals surface area contributed by atoms with Gasteiger partial charge in [0, 0.05) is 20.1 Å². The Kier molecular flexibility index (Phi) is 4.88. The molecule has 0 aliphatic carbocycles. The molecule has 0 saturated carbocycles. The van der Waals surface area contributed by atoms with Crippen LogP contribution < -0.4 is 5.73 Å². The van der Waals surface area contributed by atoms with Crippen molar-refractivity contribution in [3.8, 4) is 0 Å². The van der Waals surface area contributed by atoms with Gasteiger partial charge in [-0.25, -0.2) is 8.78 Å². The maximum Gasteiger partial charge on any atom is 0.383 e. The van der Waals surface area contributed by atoms with Crippen molar-refractivity contribution in [1.29, 1.82) is 0 Å². The van der Waals surface area contributed by atoms with Gasteiger partial charge >= 0.3 is 12.3 Å². The first-order chi connectivity index (χ1) is 8.78. The van der Waals surface area contributed by atoms with Crippen molar-refractivity contribution in [3.05, 3.63) is 35.4 Å². The molecule has 0 aliphatic heterocycles. The highest BCUT2D eigenvalue weighted by atomic mass is 19.3. The largest absolute Gasteiger partial charge is 0.383 e. The third-order valence-electron chi connectivity index (χ3n) is 2.55. The SMILES string of the molecule is CN(Cc1cccc(CN)c1)C(=O)C(F)(F)C(F)F. The van der Waals surface area contributed by atoms with Crippen LogP contribution in [0.25, 0.3) is 0 Å². The Morgan fingerprint density at radius 1 is 1.37 bits per heavy atom. The van der Waals surface area contributed by atoms with E-state index >= 15 is 0 Å². The second kappa shape index (κ2) is 6.01. The van der Waals surface area contributed by atoms with E-state index in [2.05, 4.69) is 0 Å². The van der Waals surface area contributed by atoms with Crippen LogP contribution in [0.3, 0.4) is 0 Å². The van der Waals surface area contributed by atoms with Gasteiger partial charge in [0.2, 0.25) is 0 Å². The van der Waals surface area contributed by atoms with Crippen molar-refractivity contribution in [3.63, 3.8) is 0 Å². The molecule has 106 valence electrons. The number of nitrogens with two attached hydrogens (primary N) is 1. The molecular formula is C12H14F4N2O. The first kappa shape index (κ1) is 15.4. The van der Waals surface area contributed by atoms with Crippen molar-refractivity contribution in [2.75, 3.05) is 7.05 Å². The van der Waals surface area contributed by atoms with Gasteiger partial charge in [0.05, 0.1) is 0 Å². The second-order valence-electron chi connectivity index (χ2n) is 4.11. The standard InChI is InChI=1S/C12H14F4N2O/c1-18(11(19)12(15,16)10(13)14)7-9-4-2-3-8(5-9)6-17/h2-5,10H,6-7,17H2,1H3. The van der Waals surface area contributed by atoms with Crippen LogP contribution in [0.15, 0.2) is 24.3 Å². The Balaban J connectivity index is 2.79. The van der Waals surface area contributed by atoms with E-state index in [0.717, 1.165) is 12.6 Å². The summed E-state index contributed by atoms with van der Waals surface area (Å²) in [6.45, 7) is 0.0771. The molecule has 0 atom stereocenters. The van der Waals surface area contributed by atoms with Crippen LogP contribution >= 0.6 is 0 Å². The number of carbonyl (C=O) groups is 1. The van der Waals surface area contributed by atoms with E-state index in [-0.39, 0.29) is 13.1 Å². The van der Waals surface area contributed by atoms with E-state index in [0.29, 0.717) is 10.5 Å². The minimum absolute atomic E-state index is 0.186. The Hall–Kier alpha value is -1.63. The average molecular weight is 278 g/mol. The summed E-state index contributed by atoms with van der Waals surface area (Å²) in [7, 11) is 1.05. The highest BCUT2D eigenvalue weighted by Gasteiger charge is 2.50. The molecule has 19 heavy (non-hydrogen) atoms. The molecule has 2 N–H and O–H groups in total. The molecular weight excluding hydrogens is 264 g/mol. The molecule has 0 radical (unpaired) electrons. The van der Waals surface area contributed by atoms with E-state index < -0.39 is 18.3 Å². The second-order valence-corrected chi connectivity index (χ2v) is 4.11. The molecule has 1 rings (SSSR count). The van der Waals surface area contributed by atoms with Crippen molar-refractivity contribution in [2.45, 2.75) is 25.4 Å². The lowest BCUT2D eigenvalue weighted by Crippen LogP contribution is -2.45. The Morgan fingerprint density at radius 2 is 1.95 bits per heavy atom. The van der Waals surface area contributed by atoms with E-state index in [1.54, 1.807) is 24.3 Å². The first-order valence-corrected chi connectivity index (χ1v) is 5.48. The summed E-state index contributed by atoms with van der Waals surface area (Å²) in [5.41, 5.74) is 6.73. The van der Waals surface area contributed by atoms with Crippen LogP contribution in [0.1, 0.15) is 11.1 Å². The van der Waals surface area contributed by atoms with Gasteiger partial charge in [0.1, 0.15) is 0 Å². The molecule has 0 aromatic heterocycles. The van der Waals surface area contributed by atoms with Gasteiger partial charge in [-0.2, -0.15) is 8.78 Å². The smallest absolute Gasteiger partial charge is 0.336 e. The van der Waals surface area contributed by atoms with Gasteiger partial charge in [-0.15, -0.1) is 0 Å². The molecule has 0 aliphatic rings. The summed E-state index contributed by atoms with van der Waals surface area (Å²) in [4.78, 5) is 11.8. The summed E-state index contributed by atoms with van der Waals surface area (Å²) in [6, 6.07) is 6.62. The van der Waals surface area contributed by atoms with Crippen molar-refractivity contribution in [2.24, 2.45) is 5.73 Å². The Labute approximate surface area is 108 Å². The summed E-state index contributed by atoms with van der Waals surface area (Å²) in [5.74, 6) is -6.57. The summed E-state index contributed by atoms with van der Waals surface area (Å²) < 4.78 is 49.9. The van der Waals surface area contributed by atoms with Crippen LogP contribution in [0.2, 0.25) is 0 Å². The summed E-state index contributed by atoms with van der Waals surface area (Å²) in [5, 5.41) is 0. The van der Waals surface area contributed by atoms with Gasteiger partial charge in [-0.3, -0.25) is 4.79 Å². The van der Waals surface area contributed by atoms with Crippen LogP contribution in [-0.2, 0) is 17.9 Å². The van der Waals surface area contributed by atoms with Gasteiger partial charge in [0.15, 0.2) is 0 Å². The molecule has 0 bridgehead atoms. The predicted molar refractivity (Wildman–Crippen MR) is 61.8 cm³/mol. The fourth-order valence-corrected chi connectivity index (χ4v) is 1.55. The number of carbonyl (C=O) groups excluding carboxylic acids is 1. The summed E-state index contributed by atoms with van der Waals surface area (Å²) >= 11 is 0. The molecule has 1 aromatic carbocycles. The average Bonchev–Trinajstić information content (AvgIpc) is 2.37. The van der Waals surface area contributed by atoms with Crippen LogP contribution in [-0.4, -0.2) is 30.2 Å².